The normalized spacial score (nSPS) is 24.1. The minimum atomic E-state index is -4.37. The Balaban J connectivity index is 1.81. The second-order valence-corrected chi connectivity index (χ2v) is 9.21. The molecule has 3 rings (SSSR count). The van der Waals surface area contributed by atoms with E-state index >= 15 is 0 Å². The van der Waals surface area contributed by atoms with E-state index < -0.39 is 18.9 Å². The lowest BCUT2D eigenvalue weighted by molar-refractivity contribution is -0.137. The topological polar surface area (TPSA) is 26.3 Å². The largest absolute Gasteiger partial charge is 0.497 e. The number of halogens is 3. The molecule has 1 saturated heterocycles. The van der Waals surface area contributed by atoms with Crippen molar-refractivity contribution in [2.75, 3.05) is 19.4 Å². The summed E-state index contributed by atoms with van der Waals surface area (Å²) in [5.41, 5.74) is 0.361. The monoisotopic (exact) mass is 354 g/mol. The first-order chi connectivity index (χ1) is 11.3. The van der Waals surface area contributed by atoms with Crippen LogP contribution in [-0.4, -0.2) is 19.4 Å². The standard InChI is InChI=1S/C18H18F3O2P/c1-23-16-4-2-3-13(11-16)14-9-10-24(22,12-14)17-7-5-15(6-8-17)18(19,20)21/h2-8,11,14H,9-10,12H2,1H3/t14-,24+/m1/s1. The van der Waals surface area contributed by atoms with Gasteiger partial charge in [0.1, 0.15) is 12.9 Å². The van der Waals surface area contributed by atoms with Crippen LogP contribution in [0.2, 0.25) is 0 Å². The maximum absolute atomic E-state index is 13.2. The Hall–Kier alpha value is -1.74. The number of hydrogen-bond donors (Lipinski definition) is 0. The lowest BCUT2D eigenvalue weighted by Crippen LogP contribution is -2.11. The van der Waals surface area contributed by atoms with E-state index in [0.29, 0.717) is 17.6 Å². The van der Waals surface area contributed by atoms with Crippen molar-refractivity contribution in [3.63, 3.8) is 0 Å². The van der Waals surface area contributed by atoms with Gasteiger partial charge in [-0.2, -0.15) is 13.2 Å². The van der Waals surface area contributed by atoms with E-state index in [1.807, 2.05) is 24.3 Å². The van der Waals surface area contributed by atoms with Gasteiger partial charge in [0.2, 0.25) is 0 Å². The second-order valence-electron chi connectivity index (χ2n) is 6.10. The van der Waals surface area contributed by atoms with Crippen LogP contribution in [0.3, 0.4) is 0 Å². The van der Waals surface area contributed by atoms with E-state index in [1.54, 1.807) is 7.11 Å². The number of alkyl halides is 3. The first-order valence-corrected chi connectivity index (χ1v) is 9.79. The molecule has 1 aliphatic rings. The molecule has 1 aliphatic heterocycles. The molecule has 0 aliphatic carbocycles. The van der Waals surface area contributed by atoms with Crippen molar-refractivity contribution in [2.45, 2.75) is 18.5 Å². The Morgan fingerprint density at radius 1 is 1.12 bits per heavy atom. The number of rotatable bonds is 3. The first-order valence-electron chi connectivity index (χ1n) is 7.72. The highest BCUT2D eigenvalue weighted by atomic mass is 31.2. The number of benzene rings is 2. The number of methoxy groups -OCH3 is 1. The average Bonchev–Trinajstić information content (AvgIpc) is 2.98. The van der Waals surface area contributed by atoms with Crippen molar-refractivity contribution in [1.29, 1.82) is 0 Å². The SMILES string of the molecule is COc1cccc([C@@H]2CC[P@@](=O)(c3ccc(C(F)(F)F)cc3)C2)c1. The van der Waals surface area contributed by atoms with Crippen LogP contribution in [-0.2, 0) is 10.7 Å². The second kappa shape index (κ2) is 6.29. The third kappa shape index (κ3) is 3.36. The van der Waals surface area contributed by atoms with Gasteiger partial charge in [0.25, 0.3) is 0 Å². The molecule has 0 N–H and O–H groups in total. The van der Waals surface area contributed by atoms with Crippen LogP contribution in [0.15, 0.2) is 48.5 Å². The van der Waals surface area contributed by atoms with Crippen molar-refractivity contribution >= 4 is 12.4 Å². The van der Waals surface area contributed by atoms with Crippen molar-refractivity contribution in [2.24, 2.45) is 0 Å². The predicted molar refractivity (Wildman–Crippen MR) is 88.8 cm³/mol. The van der Waals surface area contributed by atoms with Gasteiger partial charge in [-0.1, -0.05) is 24.3 Å². The predicted octanol–water partition coefficient (Wildman–Crippen LogP) is 4.89. The van der Waals surface area contributed by atoms with Gasteiger partial charge in [-0.05, 0) is 42.2 Å². The molecule has 24 heavy (non-hydrogen) atoms. The van der Waals surface area contributed by atoms with E-state index in [1.165, 1.54) is 12.1 Å². The van der Waals surface area contributed by atoms with Gasteiger partial charge >= 0.3 is 6.18 Å². The van der Waals surface area contributed by atoms with E-state index in [0.717, 1.165) is 29.9 Å². The van der Waals surface area contributed by atoms with E-state index in [2.05, 4.69) is 0 Å². The summed E-state index contributed by atoms with van der Waals surface area (Å²) in [6.07, 6.45) is -2.58. The molecule has 1 fully saturated rings. The molecule has 2 atom stereocenters. The molecule has 0 spiro atoms. The Labute approximate surface area is 139 Å². The summed E-state index contributed by atoms with van der Waals surface area (Å²) in [7, 11) is -1.05. The van der Waals surface area contributed by atoms with E-state index in [-0.39, 0.29) is 5.92 Å². The number of ether oxygens (including phenoxy) is 1. The summed E-state index contributed by atoms with van der Waals surface area (Å²) in [5.74, 6) is 0.900. The van der Waals surface area contributed by atoms with Crippen molar-refractivity contribution < 1.29 is 22.5 Å². The van der Waals surface area contributed by atoms with Crippen LogP contribution >= 0.6 is 7.14 Å². The smallest absolute Gasteiger partial charge is 0.416 e. The first kappa shape index (κ1) is 17.1. The van der Waals surface area contributed by atoms with Crippen LogP contribution in [0.1, 0.15) is 23.5 Å². The minimum absolute atomic E-state index is 0.147. The molecule has 2 aromatic rings. The highest BCUT2D eigenvalue weighted by Gasteiger charge is 2.37. The van der Waals surface area contributed by atoms with Crippen molar-refractivity contribution in [3.8, 4) is 5.75 Å². The zero-order valence-electron chi connectivity index (χ0n) is 13.2. The lowest BCUT2D eigenvalue weighted by atomic mass is 9.99. The molecule has 0 amide bonds. The maximum Gasteiger partial charge on any atom is 0.416 e. The number of hydrogen-bond acceptors (Lipinski definition) is 2. The van der Waals surface area contributed by atoms with Gasteiger partial charge in [0, 0.05) is 17.6 Å². The third-order valence-corrected chi connectivity index (χ3v) is 7.83. The van der Waals surface area contributed by atoms with Crippen LogP contribution in [0.25, 0.3) is 0 Å². The van der Waals surface area contributed by atoms with Crippen molar-refractivity contribution in [3.05, 3.63) is 59.7 Å². The molecule has 6 heteroatoms. The van der Waals surface area contributed by atoms with Gasteiger partial charge in [0.05, 0.1) is 12.7 Å². The van der Waals surface area contributed by atoms with Gasteiger partial charge in [-0.3, -0.25) is 0 Å². The zero-order valence-corrected chi connectivity index (χ0v) is 14.1. The molecule has 2 nitrogen and oxygen atoms in total. The highest BCUT2D eigenvalue weighted by molar-refractivity contribution is 7.71. The molecule has 2 aromatic carbocycles. The Kier molecular flexibility index (Phi) is 4.48. The van der Waals surface area contributed by atoms with Gasteiger partial charge in [-0.15, -0.1) is 0 Å². The lowest BCUT2D eigenvalue weighted by Gasteiger charge is -2.15. The fourth-order valence-electron chi connectivity index (χ4n) is 3.23. The minimum Gasteiger partial charge on any atom is -0.497 e. The quantitative estimate of drug-likeness (QED) is 0.734. The zero-order chi connectivity index (χ0) is 17.4. The third-order valence-electron chi connectivity index (χ3n) is 4.58. The Bertz CT molecular complexity index is 769. The van der Waals surface area contributed by atoms with E-state index in [9.17, 15) is 17.7 Å². The molecular formula is C18H18F3O2P. The summed E-state index contributed by atoms with van der Waals surface area (Å²) < 4.78 is 56.4. The molecular weight excluding hydrogens is 336 g/mol. The molecule has 0 saturated carbocycles. The Morgan fingerprint density at radius 3 is 2.46 bits per heavy atom. The fourth-order valence-corrected chi connectivity index (χ4v) is 6.41. The summed E-state index contributed by atoms with van der Waals surface area (Å²) in [4.78, 5) is 0. The Morgan fingerprint density at radius 2 is 1.83 bits per heavy atom. The summed E-state index contributed by atoms with van der Waals surface area (Å²) in [5, 5.41) is 0.542. The van der Waals surface area contributed by atoms with E-state index in [4.69, 9.17) is 4.74 Å². The maximum atomic E-state index is 13.2. The van der Waals surface area contributed by atoms with Crippen LogP contribution in [0.4, 0.5) is 13.2 Å². The molecule has 0 radical (unpaired) electrons. The summed E-state index contributed by atoms with van der Waals surface area (Å²) >= 11 is 0. The molecule has 0 unspecified atom stereocenters. The summed E-state index contributed by atoms with van der Waals surface area (Å²) in [6.45, 7) is 0. The highest BCUT2D eigenvalue weighted by Crippen LogP contribution is 2.56. The van der Waals surface area contributed by atoms with Crippen molar-refractivity contribution in [1.82, 2.24) is 0 Å². The average molecular weight is 354 g/mol. The van der Waals surface area contributed by atoms with Gasteiger partial charge < -0.3 is 9.30 Å². The molecule has 1 heterocycles. The van der Waals surface area contributed by atoms with Crippen LogP contribution < -0.4 is 10.0 Å². The van der Waals surface area contributed by atoms with Gasteiger partial charge in [-0.25, -0.2) is 0 Å². The summed E-state index contributed by atoms with van der Waals surface area (Å²) in [6, 6.07) is 12.5. The molecule has 128 valence electrons. The fraction of sp³-hybridized carbons (Fsp3) is 0.333. The molecule has 0 bridgehead atoms. The van der Waals surface area contributed by atoms with Crippen LogP contribution in [0.5, 0.6) is 5.75 Å². The van der Waals surface area contributed by atoms with Gasteiger partial charge in [0.15, 0.2) is 0 Å². The molecule has 0 aromatic heterocycles. The van der Waals surface area contributed by atoms with Crippen LogP contribution in [0, 0.1) is 0 Å².